The summed E-state index contributed by atoms with van der Waals surface area (Å²) in [4.78, 5) is 23.6. The second kappa shape index (κ2) is 4.32. The minimum Gasteiger partial charge on any atom is -0.302 e. The van der Waals surface area contributed by atoms with Crippen molar-refractivity contribution in [3.63, 3.8) is 0 Å². The third-order valence-corrected chi connectivity index (χ3v) is 5.40. The number of Topliss-reactive ketones (excluding diaryl/α,β-unsaturated/α-hetero) is 1. The molecule has 0 N–H and O–H groups in total. The zero-order valence-electron chi connectivity index (χ0n) is 12.0. The zero-order valence-corrected chi connectivity index (χ0v) is 12.0. The van der Waals surface area contributed by atoms with Crippen LogP contribution in [0.3, 0.4) is 0 Å². The summed E-state index contributed by atoms with van der Waals surface area (Å²) in [6.07, 6.45) is 5.23. The van der Waals surface area contributed by atoms with Gasteiger partial charge in [-0.15, -0.1) is 0 Å². The fourth-order valence-electron chi connectivity index (χ4n) is 3.70. The third-order valence-electron chi connectivity index (χ3n) is 5.40. The number of fused-ring (bicyclic) bond motifs is 2. The van der Waals surface area contributed by atoms with Crippen molar-refractivity contribution in [3.05, 3.63) is 11.1 Å². The molecule has 1 saturated carbocycles. The lowest BCUT2D eigenvalue weighted by atomic mass is 9.59. The van der Waals surface area contributed by atoms with Gasteiger partial charge in [-0.05, 0) is 50.9 Å². The predicted octanol–water partition coefficient (Wildman–Crippen LogP) is 3.70. The first-order valence-corrected chi connectivity index (χ1v) is 7.00. The molecule has 0 saturated heterocycles. The molecule has 2 rings (SSSR count). The van der Waals surface area contributed by atoms with Gasteiger partial charge in [0.15, 0.2) is 0 Å². The van der Waals surface area contributed by atoms with Crippen molar-refractivity contribution in [3.8, 4) is 0 Å². The molecule has 18 heavy (non-hydrogen) atoms. The topological polar surface area (TPSA) is 34.1 Å². The molecule has 0 heterocycles. The molecule has 0 aromatic rings. The Hall–Kier alpha value is -0.920. The smallest absolute Gasteiger partial charge is 0.146 e. The van der Waals surface area contributed by atoms with Crippen LogP contribution in [0, 0.1) is 16.7 Å². The van der Waals surface area contributed by atoms with Gasteiger partial charge in [-0.1, -0.05) is 25.0 Å². The maximum Gasteiger partial charge on any atom is 0.146 e. The number of rotatable bonds is 1. The molecule has 0 aromatic carbocycles. The Bertz CT molecular complexity index is 417. The Morgan fingerprint density at radius 1 is 1.22 bits per heavy atom. The predicted molar refractivity (Wildman–Crippen MR) is 72.2 cm³/mol. The van der Waals surface area contributed by atoms with Crippen molar-refractivity contribution in [2.24, 2.45) is 16.7 Å². The first-order valence-electron chi connectivity index (χ1n) is 7.00. The van der Waals surface area contributed by atoms with Gasteiger partial charge in [-0.3, -0.25) is 4.79 Å². The molecule has 0 aromatic heterocycles. The first kappa shape index (κ1) is 13.5. The average molecular weight is 248 g/mol. The summed E-state index contributed by atoms with van der Waals surface area (Å²) in [6.45, 7) is 8.57. The zero-order chi connectivity index (χ0) is 13.6. The average Bonchev–Trinajstić information content (AvgIpc) is 2.31. The van der Waals surface area contributed by atoms with Crippen LogP contribution >= 0.6 is 0 Å². The molecule has 2 unspecified atom stereocenters. The van der Waals surface area contributed by atoms with Gasteiger partial charge < -0.3 is 4.79 Å². The number of hydrogen-bond donors (Lipinski definition) is 0. The lowest BCUT2D eigenvalue weighted by Gasteiger charge is -2.45. The first-order chi connectivity index (χ1) is 8.31. The van der Waals surface area contributed by atoms with Crippen LogP contribution in [-0.2, 0) is 9.59 Å². The minimum absolute atomic E-state index is 0.127. The molecular weight excluding hydrogens is 224 g/mol. The fourth-order valence-corrected chi connectivity index (χ4v) is 3.70. The maximum atomic E-state index is 12.3. The van der Waals surface area contributed by atoms with Gasteiger partial charge in [0.25, 0.3) is 0 Å². The Balaban J connectivity index is 2.42. The van der Waals surface area contributed by atoms with E-state index >= 15 is 0 Å². The molecule has 2 atom stereocenters. The SMILES string of the molecule is CC1=C2CCC(C)(C=O)C(=O)CC(CC1)C2(C)C. The van der Waals surface area contributed by atoms with E-state index in [9.17, 15) is 9.59 Å². The van der Waals surface area contributed by atoms with E-state index in [0.29, 0.717) is 18.8 Å². The Labute approximate surface area is 110 Å². The summed E-state index contributed by atoms with van der Waals surface area (Å²) in [7, 11) is 0. The highest BCUT2D eigenvalue weighted by atomic mass is 16.1. The molecule has 2 bridgehead atoms. The van der Waals surface area contributed by atoms with Gasteiger partial charge in [-0.2, -0.15) is 0 Å². The van der Waals surface area contributed by atoms with Crippen LogP contribution in [0.15, 0.2) is 11.1 Å². The number of hydrogen-bond acceptors (Lipinski definition) is 2. The highest BCUT2D eigenvalue weighted by Gasteiger charge is 2.44. The molecule has 2 aliphatic rings. The highest BCUT2D eigenvalue weighted by molar-refractivity contribution is 5.98. The standard InChI is InChI=1S/C16H24O2/c1-11-5-6-12-9-14(18)16(4,10-17)8-7-13(11)15(12,2)3/h10,12H,5-9H2,1-4H3. The van der Waals surface area contributed by atoms with Crippen molar-refractivity contribution in [1.29, 1.82) is 0 Å². The normalized spacial score (nSPS) is 36.0. The van der Waals surface area contributed by atoms with Crippen molar-refractivity contribution in [2.75, 3.05) is 0 Å². The van der Waals surface area contributed by atoms with E-state index in [1.807, 2.05) is 6.92 Å². The number of aldehydes is 1. The quantitative estimate of drug-likeness (QED) is 0.403. The second-order valence-electron chi connectivity index (χ2n) is 6.88. The summed E-state index contributed by atoms with van der Waals surface area (Å²) in [5.41, 5.74) is 2.36. The Morgan fingerprint density at radius 3 is 2.50 bits per heavy atom. The molecule has 0 aliphatic heterocycles. The van der Waals surface area contributed by atoms with E-state index in [1.54, 1.807) is 0 Å². The Kier molecular flexibility index (Phi) is 3.25. The van der Waals surface area contributed by atoms with Crippen LogP contribution in [0.4, 0.5) is 0 Å². The number of carbonyl (C=O) groups is 2. The highest BCUT2D eigenvalue weighted by Crippen LogP contribution is 2.51. The maximum absolute atomic E-state index is 12.3. The van der Waals surface area contributed by atoms with Crippen molar-refractivity contribution in [1.82, 2.24) is 0 Å². The minimum atomic E-state index is -0.752. The molecule has 100 valence electrons. The molecule has 2 heteroatoms. The van der Waals surface area contributed by atoms with Gasteiger partial charge in [0, 0.05) is 6.42 Å². The molecule has 0 amide bonds. The van der Waals surface area contributed by atoms with E-state index in [4.69, 9.17) is 0 Å². The third kappa shape index (κ3) is 1.96. The summed E-state index contributed by atoms with van der Waals surface area (Å²) in [6, 6.07) is 0. The fraction of sp³-hybridized carbons (Fsp3) is 0.750. The summed E-state index contributed by atoms with van der Waals surface area (Å²) >= 11 is 0. The lowest BCUT2D eigenvalue weighted by Crippen LogP contribution is -2.40. The summed E-state index contributed by atoms with van der Waals surface area (Å²) < 4.78 is 0. The number of allylic oxidation sites excluding steroid dienone is 2. The van der Waals surface area contributed by atoms with E-state index in [1.165, 1.54) is 11.1 Å². The summed E-state index contributed by atoms with van der Waals surface area (Å²) in [5, 5.41) is 0. The monoisotopic (exact) mass is 248 g/mol. The van der Waals surface area contributed by atoms with Crippen LogP contribution < -0.4 is 0 Å². The molecular formula is C16H24O2. The molecule has 2 nitrogen and oxygen atoms in total. The number of ketones is 1. The Morgan fingerprint density at radius 2 is 1.89 bits per heavy atom. The van der Waals surface area contributed by atoms with Crippen molar-refractivity contribution < 1.29 is 9.59 Å². The molecule has 0 spiro atoms. The van der Waals surface area contributed by atoms with Crippen LogP contribution in [0.1, 0.15) is 59.8 Å². The molecule has 0 radical (unpaired) electrons. The van der Waals surface area contributed by atoms with Gasteiger partial charge >= 0.3 is 0 Å². The van der Waals surface area contributed by atoms with E-state index < -0.39 is 5.41 Å². The van der Waals surface area contributed by atoms with Crippen molar-refractivity contribution >= 4 is 12.1 Å². The molecule has 1 fully saturated rings. The number of carbonyl (C=O) groups excluding carboxylic acids is 2. The molecule has 2 aliphatic carbocycles. The van der Waals surface area contributed by atoms with Gasteiger partial charge in [0.2, 0.25) is 0 Å². The van der Waals surface area contributed by atoms with Crippen LogP contribution in [0.2, 0.25) is 0 Å². The van der Waals surface area contributed by atoms with Crippen LogP contribution in [0.25, 0.3) is 0 Å². The van der Waals surface area contributed by atoms with Gasteiger partial charge in [0.1, 0.15) is 12.1 Å². The largest absolute Gasteiger partial charge is 0.302 e. The van der Waals surface area contributed by atoms with E-state index in [0.717, 1.165) is 25.5 Å². The van der Waals surface area contributed by atoms with Gasteiger partial charge in [0.05, 0.1) is 5.41 Å². The van der Waals surface area contributed by atoms with Crippen molar-refractivity contribution in [2.45, 2.75) is 59.8 Å². The lowest BCUT2D eigenvalue weighted by molar-refractivity contribution is -0.136. The van der Waals surface area contributed by atoms with Crippen LogP contribution in [-0.4, -0.2) is 12.1 Å². The van der Waals surface area contributed by atoms with E-state index in [2.05, 4.69) is 20.8 Å². The summed E-state index contributed by atoms with van der Waals surface area (Å²) in [5.74, 6) is 0.553. The van der Waals surface area contributed by atoms with Crippen LogP contribution in [0.5, 0.6) is 0 Å². The van der Waals surface area contributed by atoms with E-state index in [-0.39, 0.29) is 11.2 Å². The second-order valence-corrected chi connectivity index (χ2v) is 6.88. The van der Waals surface area contributed by atoms with Gasteiger partial charge in [-0.25, -0.2) is 0 Å².